The molecule has 0 saturated carbocycles. The van der Waals surface area contributed by atoms with E-state index in [0.29, 0.717) is 19.6 Å². The minimum atomic E-state index is -0.522. The summed E-state index contributed by atoms with van der Waals surface area (Å²) in [6.07, 6.45) is 34.8. The van der Waals surface area contributed by atoms with Crippen LogP contribution >= 0.6 is 0 Å². The van der Waals surface area contributed by atoms with Gasteiger partial charge in [0.1, 0.15) is 6.10 Å². The molecule has 0 aromatic heterocycles. The van der Waals surface area contributed by atoms with Gasteiger partial charge in [0, 0.05) is 13.0 Å². The summed E-state index contributed by atoms with van der Waals surface area (Å²) in [4.78, 5) is 11.2. The summed E-state index contributed by atoms with van der Waals surface area (Å²) >= 11 is 0. The van der Waals surface area contributed by atoms with Crippen LogP contribution in [-0.4, -0.2) is 37.0 Å². The molecule has 1 N–H and O–H groups in total. The Morgan fingerprint density at radius 1 is 0.541 bits per heavy atom. The van der Waals surface area contributed by atoms with Crippen molar-refractivity contribution in [1.82, 2.24) is 0 Å². The number of aliphatic hydroxyl groups excluding tert-OH is 1. The molecule has 0 spiro atoms. The fourth-order valence-corrected chi connectivity index (χ4v) is 4.95. The van der Waals surface area contributed by atoms with Gasteiger partial charge in [0.25, 0.3) is 0 Å². The number of ether oxygens (including phenoxy) is 2. The van der Waals surface area contributed by atoms with Crippen molar-refractivity contribution in [3.8, 4) is 0 Å². The second-order valence-electron chi connectivity index (χ2n) is 11.2. The zero-order valence-corrected chi connectivity index (χ0v) is 25.3. The predicted octanol–water partition coefficient (Wildman–Crippen LogP) is 10.1. The summed E-state index contributed by atoms with van der Waals surface area (Å²) in [5.41, 5.74) is 0. The van der Waals surface area contributed by atoms with Gasteiger partial charge in [-0.1, -0.05) is 168 Å². The minimum absolute atomic E-state index is 0.175. The highest BCUT2D eigenvalue weighted by Gasteiger charge is 2.12. The predicted molar refractivity (Wildman–Crippen MR) is 159 cm³/mol. The average Bonchev–Trinajstić information content (AvgIpc) is 2.91. The Morgan fingerprint density at radius 2 is 0.865 bits per heavy atom. The summed E-state index contributed by atoms with van der Waals surface area (Å²) in [5, 5.41) is 9.21. The Labute approximate surface area is 232 Å². The van der Waals surface area contributed by atoms with E-state index in [-0.39, 0.29) is 12.6 Å². The smallest absolute Gasteiger partial charge is 0.305 e. The Kier molecular flexibility index (Phi) is 31.1. The Hall–Kier alpha value is -0.610. The van der Waals surface area contributed by atoms with Crippen LogP contribution in [0.25, 0.3) is 0 Å². The van der Waals surface area contributed by atoms with E-state index in [2.05, 4.69) is 6.92 Å². The molecule has 0 aliphatic rings. The molecule has 0 heterocycles. The van der Waals surface area contributed by atoms with E-state index in [4.69, 9.17) is 9.47 Å². The number of esters is 1. The molecule has 0 fully saturated rings. The number of hydrogen-bond acceptors (Lipinski definition) is 4. The maximum absolute atomic E-state index is 11.2. The number of carbonyl (C=O) groups is 1. The fraction of sp³-hybridized carbons (Fsp3) is 0.970. The SMILES string of the molecule is CCCCCCCCCCCCCCCCCCCCCCCCCCCOCC(CO)OC(=O)CC. The van der Waals surface area contributed by atoms with Gasteiger partial charge in [-0.2, -0.15) is 0 Å². The summed E-state index contributed by atoms with van der Waals surface area (Å²) in [6, 6.07) is 0. The van der Waals surface area contributed by atoms with Gasteiger partial charge in [0.05, 0.1) is 13.2 Å². The van der Waals surface area contributed by atoms with E-state index in [1.165, 1.54) is 154 Å². The standard InChI is InChI=1S/C33H66O4/c1-3-5-6-7-8-9-10-11-12-13-14-15-16-17-18-19-20-21-22-23-24-25-26-27-28-29-36-31-32(30-34)37-33(35)4-2/h32,34H,3-31H2,1-2H3. The molecule has 0 aromatic carbocycles. The zero-order valence-electron chi connectivity index (χ0n) is 25.3. The number of aliphatic hydroxyl groups is 1. The molecular formula is C33H66O4. The largest absolute Gasteiger partial charge is 0.457 e. The molecule has 222 valence electrons. The third-order valence-electron chi connectivity index (χ3n) is 7.49. The van der Waals surface area contributed by atoms with Crippen LogP contribution < -0.4 is 0 Å². The number of rotatable bonds is 31. The molecule has 0 radical (unpaired) electrons. The van der Waals surface area contributed by atoms with E-state index in [0.717, 1.165) is 6.42 Å². The van der Waals surface area contributed by atoms with Gasteiger partial charge in [0.2, 0.25) is 0 Å². The lowest BCUT2D eigenvalue weighted by atomic mass is 10.0. The molecule has 4 nitrogen and oxygen atoms in total. The summed E-state index contributed by atoms with van der Waals surface area (Å²) in [7, 11) is 0. The van der Waals surface area contributed by atoms with Crippen molar-refractivity contribution in [2.75, 3.05) is 19.8 Å². The van der Waals surface area contributed by atoms with Crippen LogP contribution in [0.2, 0.25) is 0 Å². The second kappa shape index (κ2) is 31.6. The van der Waals surface area contributed by atoms with E-state index in [1.54, 1.807) is 6.92 Å². The highest BCUT2D eigenvalue weighted by atomic mass is 16.6. The van der Waals surface area contributed by atoms with Gasteiger partial charge in [-0.05, 0) is 6.42 Å². The van der Waals surface area contributed by atoms with Gasteiger partial charge in [-0.15, -0.1) is 0 Å². The number of unbranched alkanes of at least 4 members (excludes halogenated alkanes) is 24. The minimum Gasteiger partial charge on any atom is -0.457 e. The Balaban J connectivity index is 3.13. The molecule has 0 rings (SSSR count). The molecule has 0 saturated heterocycles. The van der Waals surface area contributed by atoms with Crippen molar-refractivity contribution >= 4 is 5.97 Å². The Morgan fingerprint density at radius 3 is 1.16 bits per heavy atom. The van der Waals surface area contributed by atoms with Crippen LogP contribution in [-0.2, 0) is 14.3 Å². The van der Waals surface area contributed by atoms with Crippen LogP contribution in [0.4, 0.5) is 0 Å². The van der Waals surface area contributed by atoms with Crippen LogP contribution in [0, 0.1) is 0 Å². The molecule has 1 unspecified atom stereocenters. The van der Waals surface area contributed by atoms with Crippen molar-refractivity contribution in [3.63, 3.8) is 0 Å². The van der Waals surface area contributed by atoms with Crippen molar-refractivity contribution < 1.29 is 19.4 Å². The van der Waals surface area contributed by atoms with E-state index < -0.39 is 6.10 Å². The lowest BCUT2D eigenvalue weighted by molar-refractivity contribution is -0.154. The van der Waals surface area contributed by atoms with Gasteiger partial charge in [0.15, 0.2) is 0 Å². The van der Waals surface area contributed by atoms with Gasteiger partial charge >= 0.3 is 5.97 Å². The quantitative estimate of drug-likeness (QED) is 0.0721. The highest BCUT2D eigenvalue weighted by Crippen LogP contribution is 2.15. The molecule has 0 aliphatic carbocycles. The number of hydrogen-bond donors (Lipinski definition) is 1. The summed E-state index contributed by atoms with van der Waals surface area (Å²) < 4.78 is 10.6. The van der Waals surface area contributed by atoms with Crippen molar-refractivity contribution in [2.24, 2.45) is 0 Å². The van der Waals surface area contributed by atoms with Gasteiger partial charge in [-0.3, -0.25) is 4.79 Å². The summed E-state index contributed by atoms with van der Waals surface area (Å²) in [5.74, 6) is -0.285. The first-order valence-electron chi connectivity index (χ1n) is 16.6. The van der Waals surface area contributed by atoms with Crippen LogP contribution in [0.15, 0.2) is 0 Å². The van der Waals surface area contributed by atoms with Crippen molar-refractivity contribution in [2.45, 2.75) is 187 Å². The molecular weight excluding hydrogens is 460 g/mol. The molecule has 1 atom stereocenters. The third-order valence-corrected chi connectivity index (χ3v) is 7.49. The maximum Gasteiger partial charge on any atom is 0.305 e. The fourth-order valence-electron chi connectivity index (χ4n) is 4.95. The maximum atomic E-state index is 11.2. The van der Waals surface area contributed by atoms with Crippen LogP contribution in [0.5, 0.6) is 0 Å². The lowest BCUT2D eigenvalue weighted by Gasteiger charge is -2.15. The van der Waals surface area contributed by atoms with Crippen molar-refractivity contribution in [3.05, 3.63) is 0 Å². The zero-order chi connectivity index (χ0) is 27.1. The van der Waals surface area contributed by atoms with E-state index in [9.17, 15) is 9.90 Å². The van der Waals surface area contributed by atoms with Crippen molar-refractivity contribution in [1.29, 1.82) is 0 Å². The molecule has 0 aliphatic heterocycles. The van der Waals surface area contributed by atoms with E-state index in [1.807, 2.05) is 0 Å². The first kappa shape index (κ1) is 36.4. The van der Waals surface area contributed by atoms with Gasteiger partial charge in [-0.25, -0.2) is 0 Å². The number of carbonyl (C=O) groups excluding carboxylic acids is 1. The second-order valence-corrected chi connectivity index (χ2v) is 11.2. The molecule has 4 heteroatoms. The first-order chi connectivity index (χ1) is 18.2. The average molecular weight is 527 g/mol. The molecule has 0 aromatic rings. The molecule has 0 bridgehead atoms. The van der Waals surface area contributed by atoms with E-state index >= 15 is 0 Å². The monoisotopic (exact) mass is 526 g/mol. The highest BCUT2D eigenvalue weighted by molar-refractivity contribution is 5.69. The topological polar surface area (TPSA) is 55.8 Å². The van der Waals surface area contributed by atoms with Crippen LogP contribution in [0.3, 0.4) is 0 Å². The van der Waals surface area contributed by atoms with Crippen LogP contribution in [0.1, 0.15) is 181 Å². The molecule has 37 heavy (non-hydrogen) atoms. The first-order valence-corrected chi connectivity index (χ1v) is 16.6. The van der Waals surface area contributed by atoms with Gasteiger partial charge < -0.3 is 14.6 Å². The normalized spacial score (nSPS) is 12.2. The third kappa shape index (κ3) is 29.8. The molecule has 0 amide bonds. The lowest BCUT2D eigenvalue weighted by Crippen LogP contribution is -2.27. The summed E-state index contributed by atoms with van der Waals surface area (Å²) in [6.45, 7) is 4.84. The Bertz CT molecular complexity index is 440.